The Hall–Kier alpha value is -3.03. The van der Waals surface area contributed by atoms with E-state index in [1.165, 1.54) is 19.8 Å². The van der Waals surface area contributed by atoms with Crippen molar-refractivity contribution in [1.82, 2.24) is 15.5 Å². The van der Waals surface area contributed by atoms with Gasteiger partial charge in [-0.25, -0.2) is 0 Å². The molecule has 2 aromatic heterocycles. The minimum absolute atomic E-state index is 0.0951. The van der Waals surface area contributed by atoms with Gasteiger partial charge in [0.1, 0.15) is 11.3 Å². The third-order valence-electron chi connectivity index (χ3n) is 5.49. The Morgan fingerprint density at radius 2 is 2.17 bits per heavy atom. The third kappa shape index (κ3) is 3.79. The summed E-state index contributed by atoms with van der Waals surface area (Å²) in [5.74, 6) is 2.37. The van der Waals surface area contributed by atoms with Gasteiger partial charge in [-0.15, -0.1) is 0 Å². The number of amides is 1. The predicted molar refractivity (Wildman–Crippen MR) is 106 cm³/mol. The fourth-order valence-corrected chi connectivity index (χ4v) is 3.51. The summed E-state index contributed by atoms with van der Waals surface area (Å²) in [5.41, 5.74) is 2.46. The van der Waals surface area contributed by atoms with Crippen molar-refractivity contribution in [3.63, 3.8) is 0 Å². The normalized spacial score (nSPS) is 17.9. The van der Waals surface area contributed by atoms with Crippen LogP contribution in [-0.4, -0.2) is 35.7 Å². The first-order valence-corrected chi connectivity index (χ1v) is 10.1. The van der Waals surface area contributed by atoms with E-state index in [2.05, 4.69) is 20.4 Å². The SMILES string of the molecule is CC(=O)N[C@@H](C)c1cc(C2CN(c3nc4ccc(OCC5CC5)cc4o3)C2)no1. The minimum Gasteiger partial charge on any atom is -0.493 e. The topological polar surface area (TPSA) is 93.6 Å². The Labute approximate surface area is 168 Å². The van der Waals surface area contributed by atoms with Gasteiger partial charge in [0.05, 0.1) is 18.3 Å². The molecule has 0 bridgehead atoms. The molecule has 0 radical (unpaired) electrons. The van der Waals surface area contributed by atoms with Crippen molar-refractivity contribution in [3.8, 4) is 5.75 Å². The monoisotopic (exact) mass is 396 g/mol. The number of nitrogens with one attached hydrogen (secondary N) is 1. The lowest BCUT2D eigenvalue weighted by atomic mass is 9.96. The number of ether oxygens (including phenoxy) is 1. The number of oxazole rings is 1. The average Bonchev–Trinajstić information content (AvgIpc) is 3.18. The minimum atomic E-state index is -0.196. The standard InChI is InChI=1S/C21H24N4O4/c1-12(22-13(2)26)19-8-18(24-29-19)15-9-25(10-15)21-23-17-6-5-16(7-20(17)28-21)27-11-14-3-4-14/h5-8,12,14-15H,3-4,9-11H2,1-2H3,(H,22,26)/t12-/m0/s1. The van der Waals surface area contributed by atoms with Gasteiger partial charge in [-0.05, 0) is 37.8 Å². The van der Waals surface area contributed by atoms with Crippen LogP contribution >= 0.6 is 0 Å². The summed E-state index contributed by atoms with van der Waals surface area (Å²) < 4.78 is 17.2. The van der Waals surface area contributed by atoms with Crippen LogP contribution < -0.4 is 15.0 Å². The zero-order chi connectivity index (χ0) is 20.0. The van der Waals surface area contributed by atoms with E-state index in [9.17, 15) is 4.79 Å². The highest BCUT2D eigenvalue weighted by Gasteiger charge is 2.34. The van der Waals surface area contributed by atoms with Crippen LogP contribution in [0.4, 0.5) is 6.01 Å². The molecule has 1 N–H and O–H groups in total. The van der Waals surface area contributed by atoms with Gasteiger partial charge in [-0.3, -0.25) is 4.79 Å². The highest BCUT2D eigenvalue weighted by Crippen LogP contribution is 2.35. The Morgan fingerprint density at radius 3 is 2.93 bits per heavy atom. The second-order valence-electron chi connectivity index (χ2n) is 8.06. The van der Waals surface area contributed by atoms with Crippen molar-refractivity contribution in [1.29, 1.82) is 0 Å². The molecule has 0 spiro atoms. The molecule has 1 amide bonds. The van der Waals surface area contributed by atoms with Gasteiger partial charge in [0.25, 0.3) is 6.01 Å². The lowest BCUT2D eigenvalue weighted by Crippen LogP contribution is -2.45. The van der Waals surface area contributed by atoms with Crippen LogP contribution in [0.15, 0.2) is 33.2 Å². The zero-order valence-corrected chi connectivity index (χ0v) is 16.6. The van der Waals surface area contributed by atoms with E-state index in [4.69, 9.17) is 13.7 Å². The first kappa shape index (κ1) is 18.0. The maximum absolute atomic E-state index is 11.2. The number of hydrogen-bond donors (Lipinski definition) is 1. The molecule has 1 aliphatic heterocycles. The molecule has 3 heterocycles. The molecule has 0 unspecified atom stereocenters. The number of rotatable bonds is 7. The second-order valence-corrected chi connectivity index (χ2v) is 8.06. The van der Waals surface area contributed by atoms with Crippen LogP contribution in [0.25, 0.3) is 11.1 Å². The molecule has 1 aliphatic carbocycles. The van der Waals surface area contributed by atoms with Crippen molar-refractivity contribution in [2.45, 2.75) is 38.6 Å². The molecule has 1 saturated heterocycles. The number of benzene rings is 1. The highest BCUT2D eigenvalue weighted by atomic mass is 16.5. The quantitative estimate of drug-likeness (QED) is 0.654. The Kier molecular flexibility index (Phi) is 4.41. The molecular formula is C21H24N4O4. The van der Waals surface area contributed by atoms with Gasteiger partial charge in [-0.1, -0.05) is 5.16 Å². The Balaban J connectivity index is 1.21. The molecule has 152 valence electrons. The second kappa shape index (κ2) is 7.09. The van der Waals surface area contributed by atoms with Crippen molar-refractivity contribution in [2.75, 3.05) is 24.6 Å². The zero-order valence-electron chi connectivity index (χ0n) is 16.6. The van der Waals surface area contributed by atoms with E-state index in [1.807, 2.05) is 31.2 Å². The van der Waals surface area contributed by atoms with Crippen molar-refractivity contribution in [2.24, 2.45) is 5.92 Å². The molecule has 2 fully saturated rings. The number of aromatic nitrogens is 2. The summed E-state index contributed by atoms with van der Waals surface area (Å²) in [7, 11) is 0. The van der Waals surface area contributed by atoms with Gasteiger partial charge >= 0.3 is 0 Å². The summed E-state index contributed by atoms with van der Waals surface area (Å²) in [6.45, 7) is 5.66. The molecule has 3 aromatic rings. The summed E-state index contributed by atoms with van der Waals surface area (Å²) in [6, 6.07) is 8.14. The molecule has 1 atom stereocenters. The smallest absolute Gasteiger partial charge is 0.298 e. The fraction of sp³-hybridized carbons (Fsp3) is 0.476. The molecule has 1 aromatic carbocycles. The maximum atomic E-state index is 11.2. The van der Waals surface area contributed by atoms with E-state index in [0.29, 0.717) is 17.7 Å². The molecular weight excluding hydrogens is 372 g/mol. The van der Waals surface area contributed by atoms with Crippen LogP contribution in [-0.2, 0) is 4.79 Å². The maximum Gasteiger partial charge on any atom is 0.298 e. The van der Waals surface area contributed by atoms with Gasteiger partial charge in [-0.2, -0.15) is 4.98 Å². The molecule has 5 rings (SSSR count). The first-order chi connectivity index (χ1) is 14.0. The Morgan fingerprint density at radius 1 is 1.34 bits per heavy atom. The van der Waals surface area contributed by atoms with E-state index < -0.39 is 0 Å². The van der Waals surface area contributed by atoms with Crippen LogP contribution in [0.3, 0.4) is 0 Å². The summed E-state index contributed by atoms with van der Waals surface area (Å²) in [4.78, 5) is 17.9. The average molecular weight is 396 g/mol. The van der Waals surface area contributed by atoms with Gasteiger partial charge in [0.2, 0.25) is 5.91 Å². The number of hydrogen-bond acceptors (Lipinski definition) is 7. The van der Waals surface area contributed by atoms with Gasteiger partial charge in [0, 0.05) is 38.1 Å². The van der Waals surface area contributed by atoms with Crippen molar-refractivity contribution >= 4 is 23.0 Å². The van der Waals surface area contributed by atoms with Crippen LogP contribution in [0.1, 0.15) is 50.1 Å². The molecule has 8 nitrogen and oxygen atoms in total. The number of fused-ring (bicyclic) bond motifs is 1. The number of nitrogens with zero attached hydrogens (tertiary/aromatic N) is 3. The molecule has 2 aliphatic rings. The van der Waals surface area contributed by atoms with E-state index in [-0.39, 0.29) is 17.9 Å². The summed E-state index contributed by atoms with van der Waals surface area (Å²) in [5, 5.41) is 6.97. The lowest BCUT2D eigenvalue weighted by Gasteiger charge is -2.36. The number of carbonyl (C=O) groups is 1. The summed E-state index contributed by atoms with van der Waals surface area (Å²) in [6.07, 6.45) is 2.54. The lowest BCUT2D eigenvalue weighted by molar-refractivity contribution is -0.119. The molecule has 8 heteroatoms. The van der Waals surface area contributed by atoms with Crippen molar-refractivity contribution < 1.29 is 18.5 Å². The summed E-state index contributed by atoms with van der Waals surface area (Å²) >= 11 is 0. The Bertz CT molecular complexity index is 1030. The number of carbonyl (C=O) groups excluding carboxylic acids is 1. The van der Waals surface area contributed by atoms with E-state index >= 15 is 0 Å². The van der Waals surface area contributed by atoms with E-state index in [0.717, 1.165) is 42.2 Å². The third-order valence-corrected chi connectivity index (χ3v) is 5.49. The fourth-order valence-electron chi connectivity index (χ4n) is 3.51. The molecule has 29 heavy (non-hydrogen) atoms. The molecule has 1 saturated carbocycles. The number of anilines is 1. The van der Waals surface area contributed by atoms with Crippen LogP contribution in [0, 0.1) is 5.92 Å². The van der Waals surface area contributed by atoms with Crippen LogP contribution in [0.2, 0.25) is 0 Å². The highest BCUT2D eigenvalue weighted by molar-refractivity contribution is 5.76. The van der Waals surface area contributed by atoms with Gasteiger partial charge in [0.15, 0.2) is 11.3 Å². The van der Waals surface area contributed by atoms with Crippen molar-refractivity contribution in [3.05, 3.63) is 35.7 Å². The predicted octanol–water partition coefficient (Wildman–Crippen LogP) is 3.41. The van der Waals surface area contributed by atoms with Crippen LogP contribution in [0.5, 0.6) is 5.75 Å². The van der Waals surface area contributed by atoms with E-state index in [1.54, 1.807) is 0 Å². The first-order valence-electron chi connectivity index (χ1n) is 10.1. The largest absolute Gasteiger partial charge is 0.493 e. The van der Waals surface area contributed by atoms with Gasteiger partial charge < -0.3 is 23.9 Å².